The number of carbonyl (C=O) groups is 1. The van der Waals surface area contributed by atoms with E-state index < -0.39 is 11.7 Å². The lowest BCUT2D eigenvalue weighted by Crippen LogP contribution is -2.32. The molecule has 106 valence electrons. The van der Waals surface area contributed by atoms with E-state index in [0.29, 0.717) is 6.54 Å². The summed E-state index contributed by atoms with van der Waals surface area (Å²) in [5.41, 5.74) is 0.670. The number of rotatable bonds is 3. The van der Waals surface area contributed by atoms with Crippen molar-refractivity contribution in [1.82, 2.24) is 5.32 Å². The first kappa shape index (κ1) is 14.6. The Bertz CT molecular complexity index is 623. The fraction of sp³-hybridized carbons (Fsp3) is 0.312. The monoisotopic (exact) mass is 289 g/mol. The van der Waals surface area contributed by atoms with Crippen LogP contribution in [0.5, 0.6) is 0 Å². The van der Waals surface area contributed by atoms with Gasteiger partial charge in [-0.2, -0.15) is 0 Å². The molecule has 1 N–H and O–H groups in total. The minimum Gasteiger partial charge on any atom is -0.444 e. The molecule has 0 saturated carbocycles. The quantitative estimate of drug-likeness (QED) is 0.907. The maximum absolute atomic E-state index is 11.4. The van der Waals surface area contributed by atoms with Crippen LogP contribution in [0.4, 0.5) is 4.79 Å². The topological polar surface area (TPSA) is 38.3 Å². The Balaban J connectivity index is 1.85. The summed E-state index contributed by atoms with van der Waals surface area (Å²) in [5, 5.41) is 6.04. The summed E-state index contributed by atoms with van der Waals surface area (Å²) in [4.78, 5) is 11.4. The van der Waals surface area contributed by atoms with E-state index >= 15 is 0 Å². The van der Waals surface area contributed by atoms with Crippen LogP contribution in [0.15, 0.2) is 35.7 Å². The van der Waals surface area contributed by atoms with E-state index in [1.54, 1.807) is 11.3 Å². The number of hydrogen-bond acceptors (Lipinski definition) is 3. The number of ether oxygens (including phenoxy) is 1. The third-order valence-corrected chi connectivity index (χ3v) is 3.43. The molecular weight excluding hydrogens is 270 g/mol. The molecule has 2 aromatic rings. The number of carbonyl (C=O) groups excluding carboxylic acids is 1. The van der Waals surface area contributed by atoms with Crippen molar-refractivity contribution in [2.45, 2.75) is 26.4 Å². The molecule has 4 heteroatoms. The van der Waals surface area contributed by atoms with Gasteiger partial charge >= 0.3 is 6.09 Å². The van der Waals surface area contributed by atoms with E-state index in [4.69, 9.17) is 4.74 Å². The Labute approximate surface area is 123 Å². The summed E-state index contributed by atoms with van der Waals surface area (Å²) in [6.07, 6.45) is 3.52. The van der Waals surface area contributed by atoms with Gasteiger partial charge in [0, 0.05) is 11.2 Å². The highest BCUT2D eigenvalue weighted by molar-refractivity contribution is 7.17. The molecule has 0 saturated heterocycles. The number of benzene rings is 1. The lowest BCUT2D eigenvalue weighted by Gasteiger charge is -2.19. The van der Waals surface area contributed by atoms with Gasteiger partial charge in [-0.15, -0.1) is 11.3 Å². The highest BCUT2D eigenvalue weighted by atomic mass is 32.1. The molecule has 0 aliphatic rings. The first-order valence-corrected chi connectivity index (χ1v) is 7.43. The van der Waals surface area contributed by atoms with Gasteiger partial charge in [-0.05, 0) is 49.2 Å². The number of amides is 1. The zero-order valence-corrected chi connectivity index (χ0v) is 12.8. The molecule has 0 spiro atoms. The van der Waals surface area contributed by atoms with Crippen LogP contribution in [-0.2, 0) is 4.74 Å². The van der Waals surface area contributed by atoms with Gasteiger partial charge in [0.05, 0.1) is 0 Å². The van der Waals surface area contributed by atoms with Crippen LogP contribution in [0.3, 0.4) is 0 Å². The van der Waals surface area contributed by atoms with Gasteiger partial charge in [0.2, 0.25) is 0 Å². The Morgan fingerprint density at radius 1 is 1.35 bits per heavy atom. The zero-order valence-electron chi connectivity index (χ0n) is 12.0. The van der Waals surface area contributed by atoms with Gasteiger partial charge in [0.1, 0.15) is 5.60 Å². The summed E-state index contributed by atoms with van der Waals surface area (Å²) in [6.45, 7) is 5.99. The van der Waals surface area contributed by atoms with Crippen molar-refractivity contribution in [2.24, 2.45) is 0 Å². The molecule has 1 amide bonds. The Hall–Kier alpha value is -1.81. The van der Waals surface area contributed by atoms with Crippen LogP contribution in [0, 0.1) is 0 Å². The summed E-state index contributed by atoms with van der Waals surface area (Å²) in [5.74, 6) is 0. The van der Waals surface area contributed by atoms with Crippen molar-refractivity contribution in [3.63, 3.8) is 0 Å². The van der Waals surface area contributed by atoms with Gasteiger partial charge in [-0.25, -0.2) is 4.79 Å². The van der Waals surface area contributed by atoms with Crippen LogP contribution in [0.25, 0.3) is 16.2 Å². The Kier molecular flexibility index (Phi) is 4.45. The van der Waals surface area contributed by atoms with Crippen LogP contribution in [0.1, 0.15) is 26.3 Å². The van der Waals surface area contributed by atoms with Crippen LogP contribution in [-0.4, -0.2) is 18.2 Å². The summed E-state index contributed by atoms with van der Waals surface area (Å²) in [7, 11) is 0. The van der Waals surface area contributed by atoms with Gasteiger partial charge in [0.25, 0.3) is 0 Å². The molecule has 1 aromatic heterocycles. The van der Waals surface area contributed by atoms with E-state index in [1.807, 2.05) is 32.9 Å². The number of alkyl carbamates (subject to hydrolysis) is 1. The molecule has 2 rings (SSSR count). The van der Waals surface area contributed by atoms with Crippen LogP contribution >= 0.6 is 11.3 Å². The third-order valence-electron chi connectivity index (χ3n) is 2.55. The Morgan fingerprint density at radius 2 is 2.15 bits per heavy atom. The molecular formula is C16H19NO2S. The van der Waals surface area contributed by atoms with Crippen molar-refractivity contribution in [2.75, 3.05) is 6.54 Å². The lowest BCUT2D eigenvalue weighted by molar-refractivity contribution is 0.0534. The predicted octanol–water partition coefficient (Wildman–Crippen LogP) is 4.44. The molecule has 0 aliphatic heterocycles. The highest BCUT2D eigenvalue weighted by Crippen LogP contribution is 2.22. The minimum atomic E-state index is -0.460. The van der Waals surface area contributed by atoms with Crippen molar-refractivity contribution < 1.29 is 9.53 Å². The smallest absolute Gasteiger partial charge is 0.407 e. The largest absolute Gasteiger partial charge is 0.444 e. The van der Waals surface area contributed by atoms with E-state index in [9.17, 15) is 4.79 Å². The molecule has 1 heterocycles. The van der Waals surface area contributed by atoms with E-state index in [2.05, 4.69) is 35.0 Å². The molecule has 0 fully saturated rings. The molecule has 1 aromatic carbocycles. The van der Waals surface area contributed by atoms with Crippen molar-refractivity contribution >= 4 is 33.6 Å². The number of hydrogen-bond donors (Lipinski definition) is 1. The normalized spacial score (nSPS) is 11.9. The maximum Gasteiger partial charge on any atom is 0.407 e. The average Bonchev–Trinajstić information content (AvgIpc) is 2.79. The van der Waals surface area contributed by atoms with Gasteiger partial charge < -0.3 is 10.1 Å². The van der Waals surface area contributed by atoms with E-state index in [1.165, 1.54) is 10.1 Å². The van der Waals surface area contributed by atoms with Gasteiger partial charge in [0.15, 0.2) is 0 Å². The first-order valence-electron chi connectivity index (χ1n) is 6.55. The summed E-state index contributed by atoms with van der Waals surface area (Å²) < 4.78 is 6.43. The minimum absolute atomic E-state index is 0.393. The van der Waals surface area contributed by atoms with E-state index in [0.717, 1.165) is 5.56 Å². The van der Waals surface area contributed by atoms with Crippen LogP contribution in [0.2, 0.25) is 0 Å². The third kappa shape index (κ3) is 4.38. The molecule has 0 unspecified atom stereocenters. The lowest BCUT2D eigenvalue weighted by atomic mass is 10.1. The predicted molar refractivity (Wildman–Crippen MR) is 85.1 cm³/mol. The molecule has 20 heavy (non-hydrogen) atoms. The SMILES string of the molecule is CC(C)(C)OC(=O)NCC=Cc1ccc2ccsc2c1. The number of thiophene rings is 1. The highest BCUT2D eigenvalue weighted by Gasteiger charge is 2.14. The number of nitrogens with one attached hydrogen (secondary N) is 1. The van der Waals surface area contributed by atoms with Crippen LogP contribution < -0.4 is 5.32 Å². The second kappa shape index (κ2) is 6.09. The van der Waals surface area contributed by atoms with Crippen molar-refractivity contribution in [3.05, 3.63) is 41.3 Å². The fourth-order valence-corrected chi connectivity index (χ4v) is 2.56. The maximum atomic E-state index is 11.4. The zero-order chi connectivity index (χ0) is 14.6. The molecule has 0 radical (unpaired) electrons. The second-order valence-electron chi connectivity index (χ2n) is 5.50. The first-order chi connectivity index (χ1) is 9.44. The van der Waals surface area contributed by atoms with Crippen molar-refractivity contribution in [3.8, 4) is 0 Å². The van der Waals surface area contributed by atoms with E-state index in [-0.39, 0.29) is 0 Å². The molecule has 0 atom stereocenters. The number of fused-ring (bicyclic) bond motifs is 1. The van der Waals surface area contributed by atoms with Gasteiger partial charge in [-0.3, -0.25) is 0 Å². The Morgan fingerprint density at radius 3 is 2.90 bits per heavy atom. The standard InChI is InChI=1S/C16H19NO2S/c1-16(2,3)19-15(18)17-9-4-5-12-6-7-13-8-10-20-14(13)11-12/h4-8,10-11H,9H2,1-3H3,(H,17,18). The summed E-state index contributed by atoms with van der Waals surface area (Å²) in [6, 6.07) is 8.42. The summed E-state index contributed by atoms with van der Waals surface area (Å²) >= 11 is 1.73. The molecule has 3 nitrogen and oxygen atoms in total. The molecule has 0 aliphatic carbocycles. The van der Waals surface area contributed by atoms with Gasteiger partial charge in [-0.1, -0.05) is 24.3 Å². The van der Waals surface area contributed by atoms with Crippen molar-refractivity contribution in [1.29, 1.82) is 0 Å². The fourth-order valence-electron chi connectivity index (χ4n) is 1.73. The molecule has 0 bridgehead atoms. The second-order valence-corrected chi connectivity index (χ2v) is 6.45. The average molecular weight is 289 g/mol.